The number of nitrogens with one attached hydrogen (secondary N) is 3. The topological polar surface area (TPSA) is 198 Å². The first kappa shape index (κ1) is 29.5. The van der Waals surface area contributed by atoms with Gasteiger partial charge in [0.05, 0.1) is 0 Å². The van der Waals surface area contributed by atoms with E-state index < -0.39 is 81.4 Å². The lowest BCUT2D eigenvalue weighted by molar-refractivity contribution is -0.175. The highest BCUT2D eigenvalue weighted by atomic mass is 32.2. The molecule has 0 bridgehead atoms. The van der Waals surface area contributed by atoms with Crippen LogP contribution in [0.15, 0.2) is 58.3 Å². The minimum atomic E-state index is -1.32. The van der Waals surface area contributed by atoms with Gasteiger partial charge >= 0.3 is 11.9 Å². The average molecular weight is 611 g/mol. The van der Waals surface area contributed by atoms with E-state index in [2.05, 4.69) is 25.5 Å². The van der Waals surface area contributed by atoms with Crippen molar-refractivity contribution in [2.24, 2.45) is 0 Å². The van der Waals surface area contributed by atoms with Gasteiger partial charge in [-0.3, -0.25) is 33.9 Å². The normalized spacial score (nSPS) is 20.9. The van der Waals surface area contributed by atoms with Gasteiger partial charge in [0.25, 0.3) is 17.0 Å². The molecule has 0 radical (unpaired) electrons. The maximum atomic E-state index is 13.6. The van der Waals surface area contributed by atoms with E-state index in [9.17, 15) is 33.6 Å². The van der Waals surface area contributed by atoms with Crippen LogP contribution < -0.4 is 21.8 Å². The molecule has 224 valence electrons. The maximum Gasteiger partial charge on any atom is 0.333 e. The summed E-state index contributed by atoms with van der Waals surface area (Å²) in [5, 5.41) is 6.87. The van der Waals surface area contributed by atoms with Crippen molar-refractivity contribution in [2.45, 2.75) is 49.0 Å². The second kappa shape index (κ2) is 11.4. The summed E-state index contributed by atoms with van der Waals surface area (Å²) in [5.41, 5.74) is -1.39. The number of aromatic nitrogens is 3. The molecule has 0 saturated carbocycles. The molecular formula is C27H26N6O9S. The number of nitrogens with zero attached hydrogens (tertiary/aromatic N) is 3. The van der Waals surface area contributed by atoms with Crippen LogP contribution in [0, 0.1) is 0 Å². The van der Waals surface area contributed by atoms with Crippen molar-refractivity contribution in [3.05, 3.63) is 80.5 Å². The zero-order chi connectivity index (χ0) is 31.1. The van der Waals surface area contributed by atoms with Gasteiger partial charge in [-0.25, -0.2) is 9.78 Å². The van der Waals surface area contributed by atoms with Crippen LogP contribution in [0.1, 0.15) is 42.7 Å². The molecule has 2 fully saturated rings. The Morgan fingerprint density at radius 1 is 1.07 bits per heavy atom. The van der Waals surface area contributed by atoms with Crippen LogP contribution in [-0.2, 0) is 28.7 Å². The van der Waals surface area contributed by atoms with Crippen molar-refractivity contribution in [3.8, 4) is 0 Å². The number of amides is 3. The Hall–Kier alpha value is -4.99. The molecule has 4 atom stereocenters. The minimum absolute atomic E-state index is 0.108. The lowest BCUT2D eigenvalue weighted by atomic mass is 9.95. The first-order valence-corrected chi connectivity index (χ1v) is 13.8. The molecule has 4 heterocycles. The number of benzene rings is 1. The second-order valence-electron chi connectivity index (χ2n) is 10.3. The summed E-state index contributed by atoms with van der Waals surface area (Å²) in [5.74, 6) is -3.60. The molecule has 3 amide bonds. The molecule has 2 aliphatic rings. The Labute approximate surface area is 246 Å². The van der Waals surface area contributed by atoms with Crippen molar-refractivity contribution < 1.29 is 33.4 Å². The SMILES string of the molecule is CC(=O)OCOC(=O)[C@@H]1N2C(=O)[C@@H](NC(=O)C(NC(=O)c3cnc4ccc(=O)[nH]n4c3=O)c3ccccc3)[C@H]2SC1(C)C. The molecule has 5 rings (SSSR count). The lowest BCUT2D eigenvalue weighted by Gasteiger charge is -2.44. The van der Waals surface area contributed by atoms with Gasteiger partial charge in [0.15, 0.2) is 5.65 Å². The van der Waals surface area contributed by atoms with Crippen LogP contribution in [0.2, 0.25) is 0 Å². The molecule has 1 unspecified atom stereocenters. The molecule has 3 N–H and O–H groups in total. The summed E-state index contributed by atoms with van der Waals surface area (Å²) in [6, 6.07) is 7.33. The third-order valence-corrected chi connectivity index (χ3v) is 8.51. The second-order valence-corrected chi connectivity index (χ2v) is 12.0. The van der Waals surface area contributed by atoms with Crippen molar-refractivity contribution in [1.82, 2.24) is 30.1 Å². The Morgan fingerprint density at radius 3 is 2.49 bits per heavy atom. The third-order valence-electron chi connectivity index (χ3n) is 6.93. The minimum Gasteiger partial charge on any atom is -0.428 e. The molecule has 0 spiro atoms. The van der Waals surface area contributed by atoms with Crippen LogP contribution in [0.25, 0.3) is 5.65 Å². The van der Waals surface area contributed by atoms with Gasteiger partial charge in [0.2, 0.25) is 18.6 Å². The number of carbonyl (C=O) groups is 5. The maximum absolute atomic E-state index is 13.6. The molecule has 1 aromatic carbocycles. The van der Waals surface area contributed by atoms with Crippen molar-refractivity contribution in [1.29, 1.82) is 0 Å². The summed E-state index contributed by atoms with van der Waals surface area (Å²) in [4.78, 5) is 93.8. The number of rotatable bonds is 8. The van der Waals surface area contributed by atoms with Crippen LogP contribution >= 0.6 is 11.8 Å². The zero-order valence-corrected chi connectivity index (χ0v) is 23.9. The van der Waals surface area contributed by atoms with Gasteiger partial charge in [0, 0.05) is 23.9 Å². The molecule has 15 nitrogen and oxygen atoms in total. The van der Waals surface area contributed by atoms with E-state index >= 15 is 0 Å². The molecular weight excluding hydrogens is 584 g/mol. The van der Waals surface area contributed by atoms with Gasteiger partial charge in [-0.05, 0) is 25.5 Å². The number of hydrogen-bond donors (Lipinski definition) is 3. The van der Waals surface area contributed by atoms with Gasteiger partial charge in [-0.15, -0.1) is 11.8 Å². The summed E-state index contributed by atoms with van der Waals surface area (Å²) < 4.78 is 9.72. The predicted octanol–water partition coefficient (Wildman–Crippen LogP) is -0.535. The molecule has 2 saturated heterocycles. The number of fused-ring (bicyclic) bond motifs is 2. The van der Waals surface area contributed by atoms with E-state index in [0.717, 1.165) is 17.6 Å². The predicted molar refractivity (Wildman–Crippen MR) is 149 cm³/mol. The Bertz CT molecular complexity index is 1750. The monoisotopic (exact) mass is 610 g/mol. The van der Waals surface area contributed by atoms with Crippen LogP contribution in [0.4, 0.5) is 0 Å². The van der Waals surface area contributed by atoms with Gasteiger partial charge in [-0.1, -0.05) is 30.3 Å². The van der Waals surface area contributed by atoms with E-state index in [-0.39, 0.29) is 5.65 Å². The number of carbonyl (C=O) groups excluding carboxylic acids is 5. The van der Waals surface area contributed by atoms with Gasteiger partial charge in [0.1, 0.15) is 29.1 Å². The fourth-order valence-electron chi connectivity index (χ4n) is 4.91. The molecule has 2 aliphatic heterocycles. The average Bonchev–Trinajstić information content (AvgIpc) is 3.22. The van der Waals surface area contributed by atoms with Crippen LogP contribution in [0.5, 0.6) is 0 Å². The fraction of sp³-hybridized carbons (Fsp3) is 0.333. The quantitative estimate of drug-likeness (QED) is 0.168. The number of ether oxygens (including phenoxy) is 2. The largest absolute Gasteiger partial charge is 0.428 e. The Morgan fingerprint density at radius 2 is 1.79 bits per heavy atom. The molecule has 43 heavy (non-hydrogen) atoms. The highest BCUT2D eigenvalue weighted by Crippen LogP contribution is 2.51. The molecule has 3 aromatic rings. The van der Waals surface area contributed by atoms with Gasteiger partial charge < -0.3 is 25.0 Å². The Kier molecular flexibility index (Phi) is 7.79. The molecule has 0 aliphatic carbocycles. The fourth-order valence-corrected chi connectivity index (χ4v) is 6.54. The highest BCUT2D eigenvalue weighted by molar-refractivity contribution is 8.01. The summed E-state index contributed by atoms with van der Waals surface area (Å²) >= 11 is 1.28. The van der Waals surface area contributed by atoms with Gasteiger partial charge in [-0.2, -0.15) is 4.52 Å². The van der Waals surface area contributed by atoms with E-state index in [4.69, 9.17) is 4.74 Å². The number of aromatic amines is 1. The number of H-pyrrole nitrogens is 1. The van der Waals surface area contributed by atoms with E-state index in [0.29, 0.717) is 5.56 Å². The summed E-state index contributed by atoms with van der Waals surface area (Å²) in [6.45, 7) is 4.06. The summed E-state index contributed by atoms with van der Waals surface area (Å²) in [6.07, 6.45) is 1.04. The standard InChI is InChI=1S/C27H26N6O9S/c1-13(34)41-12-42-26(40)20-27(2,3)43-25-19(24(39)32(20)25)30-22(37)18(14-7-5-4-6-8-14)29-21(36)15-11-28-16-9-10-17(35)31-33(16)23(15)38/h4-11,18-20,25H,12H2,1-3H3,(H,29,36)(H,30,37)(H,31,35)/t18?,19-,20+,25-/m1/s1. The zero-order valence-electron chi connectivity index (χ0n) is 23.1. The van der Waals surface area contributed by atoms with Crippen LogP contribution in [0.3, 0.4) is 0 Å². The number of hydrogen-bond acceptors (Lipinski definition) is 11. The van der Waals surface area contributed by atoms with Crippen molar-refractivity contribution in [2.75, 3.05) is 6.79 Å². The van der Waals surface area contributed by atoms with Crippen molar-refractivity contribution in [3.63, 3.8) is 0 Å². The number of esters is 2. The third kappa shape index (κ3) is 5.60. The first-order valence-electron chi connectivity index (χ1n) is 13.0. The number of thioether (sulfide) groups is 1. The summed E-state index contributed by atoms with van der Waals surface area (Å²) in [7, 11) is 0. The van der Waals surface area contributed by atoms with E-state index in [1.165, 1.54) is 28.8 Å². The molecule has 2 aromatic heterocycles. The van der Waals surface area contributed by atoms with Crippen LogP contribution in [-0.4, -0.2) is 78.2 Å². The lowest BCUT2D eigenvalue weighted by Crippen LogP contribution is -2.71. The van der Waals surface area contributed by atoms with Crippen molar-refractivity contribution >= 4 is 47.1 Å². The smallest absolute Gasteiger partial charge is 0.333 e. The van der Waals surface area contributed by atoms with E-state index in [1.54, 1.807) is 44.2 Å². The number of β-lactam (4-membered cyclic amide) rings is 1. The molecule has 16 heteroatoms. The van der Waals surface area contributed by atoms with E-state index in [1.807, 2.05) is 0 Å². The first-order chi connectivity index (χ1) is 20.4. The Balaban J connectivity index is 1.35. The highest BCUT2D eigenvalue weighted by Gasteiger charge is 2.64.